The third-order valence-electron chi connectivity index (χ3n) is 4.20. The normalized spacial score (nSPS) is 14.9. The van der Waals surface area contributed by atoms with E-state index in [4.69, 9.17) is 4.74 Å². The fourth-order valence-corrected chi connectivity index (χ4v) is 4.35. The molecule has 1 fully saturated rings. The summed E-state index contributed by atoms with van der Waals surface area (Å²) < 4.78 is 31.6. The minimum absolute atomic E-state index is 0.0586. The summed E-state index contributed by atoms with van der Waals surface area (Å²) >= 11 is 0. The first-order valence-corrected chi connectivity index (χ1v) is 9.78. The summed E-state index contributed by atoms with van der Waals surface area (Å²) in [6.07, 6.45) is 1.67. The molecule has 0 atom stereocenters. The summed E-state index contributed by atoms with van der Waals surface area (Å²) in [5.41, 5.74) is 0.553. The average molecular weight is 373 g/mol. The topological polar surface area (TPSA) is 80.8 Å². The third kappa shape index (κ3) is 4.00. The monoisotopic (exact) mass is 373 g/mol. The van der Waals surface area contributed by atoms with Gasteiger partial charge >= 0.3 is 5.97 Å². The van der Waals surface area contributed by atoms with Gasteiger partial charge < -0.3 is 4.74 Å². The number of esters is 1. The highest BCUT2D eigenvalue weighted by molar-refractivity contribution is 7.89. The van der Waals surface area contributed by atoms with Crippen molar-refractivity contribution in [2.24, 2.45) is 0 Å². The molecule has 0 aromatic heterocycles. The molecule has 1 heterocycles. The summed E-state index contributed by atoms with van der Waals surface area (Å²) in [6.45, 7) is 0.580. The van der Waals surface area contributed by atoms with E-state index in [2.05, 4.69) is 0 Å². The number of benzene rings is 2. The van der Waals surface area contributed by atoms with Crippen LogP contribution in [0.5, 0.6) is 0 Å². The van der Waals surface area contributed by atoms with Crippen molar-refractivity contribution in [2.75, 3.05) is 19.7 Å². The summed E-state index contributed by atoms with van der Waals surface area (Å²) in [6, 6.07) is 14.2. The molecule has 1 aliphatic heterocycles. The van der Waals surface area contributed by atoms with E-state index in [9.17, 15) is 18.0 Å². The van der Waals surface area contributed by atoms with Crippen molar-refractivity contribution < 1.29 is 22.7 Å². The van der Waals surface area contributed by atoms with Gasteiger partial charge in [-0.3, -0.25) is 4.79 Å². The predicted molar refractivity (Wildman–Crippen MR) is 95.5 cm³/mol. The second kappa shape index (κ2) is 7.80. The lowest BCUT2D eigenvalue weighted by Gasteiger charge is -2.15. The summed E-state index contributed by atoms with van der Waals surface area (Å²) in [4.78, 5) is 24.3. The first kappa shape index (κ1) is 18.3. The zero-order valence-corrected chi connectivity index (χ0v) is 14.9. The zero-order chi connectivity index (χ0) is 18.6. The summed E-state index contributed by atoms with van der Waals surface area (Å²) in [5.74, 6) is -1.05. The molecular weight excluding hydrogens is 354 g/mol. The molecule has 3 rings (SSSR count). The number of hydrogen-bond donors (Lipinski definition) is 0. The lowest BCUT2D eigenvalue weighted by Crippen LogP contribution is -2.28. The van der Waals surface area contributed by atoms with Crippen molar-refractivity contribution in [1.82, 2.24) is 4.31 Å². The number of Topliss-reactive ketones (excluding diaryl/α,β-unsaturated/α-hetero) is 1. The number of ether oxygens (including phenoxy) is 1. The molecular formula is C19H19NO5S. The number of nitrogens with zero attached hydrogens (tertiary/aromatic N) is 1. The van der Waals surface area contributed by atoms with Gasteiger partial charge in [0.1, 0.15) is 0 Å². The smallest absolute Gasteiger partial charge is 0.338 e. The number of sulfonamides is 1. The molecule has 0 spiro atoms. The standard InChI is InChI=1S/C19H19NO5S/c21-18(15-7-2-1-3-8-15)14-25-19(22)16-9-6-10-17(13-16)26(23,24)20-11-4-5-12-20/h1-3,6-10,13H,4-5,11-12,14H2. The number of rotatable bonds is 6. The molecule has 7 heteroatoms. The van der Waals surface area contributed by atoms with Gasteiger partial charge in [0.2, 0.25) is 10.0 Å². The first-order chi connectivity index (χ1) is 12.5. The first-order valence-electron chi connectivity index (χ1n) is 8.34. The predicted octanol–water partition coefficient (Wildman–Crippen LogP) is 2.51. The average Bonchev–Trinajstić information content (AvgIpc) is 3.22. The Labute approximate surface area is 152 Å². The molecule has 0 radical (unpaired) electrons. The van der Waals surface area contributed by atoms with Crippen LogP contribution in [0.2, 0.25) is 0 Å². The van der Waals surface area contributed by atoms with Gasteiger partial charge in [0, 0.05) is 18.7 Å². The van der Waals surface area contributed by atoms with E-state index in [1.54, 1.807) is 30.3 Å². The van der Waals surface area contributed by atoms with Crippen molar-refractivity contribution in [3.05, 3.63) is 65.7 Å². The van der Waals surface area contributed by atoms with Gasteiger partial charge in [0.15, 0.2) is 12.4 Å². The van der Waals surface area contributed by atoms with Crippen molar-refractivity contribution in [3.63, 3.8) is 0 Å². The van der Waals surface area contributed by atoms with Gasteiger partial charge in [0.25, 0.3) is 0 Å². The van der Waals surface area contributed by atoms with Gasteiger partial charge in [-0.15, -0.1) is 0 Å². The van der Waals surface area contributed by atoms with Crippen LogP contribution in [-0.4, -0.2) is 44.2 Å². The highest BCUT2D eigenvalue weighted by atomic mass is 32.2. The minimum Gasteiger partial charge on any atom is -0.454 e. The fourth-order valence-electron chi connectivity index (χ4n) is 2.78. The Bertz CT molecular complexity index is 903. The fraction of sp³-hybridized carbons (Fsp3) is 0.263. The molecule has 26 heavy (non-hydrogen) atoms. The molecule has 0 amide bonds. The van der Waals surface area contributed by atoms with Crippen molar-refractivity contribution >= 4 is 21.8 Å². The lowest BCUT2D eigenvalue weighted by molar-refractivity contribution is 0.0474. The molecule has 2 aromatic carbocycles. The van der Waals surface area contributed by atoms with Crippen LogP contribution in [0.25, 0.3) is 0 Å². The second-order valence-corrected chi connectivity index (χ2v) is 7.94. The Balaban J connectivity index is 1.69. The highest BCUT2D eigenvalue weighted by Gasteiger charge is 2.27. The maximum absolute atomic E-state index is 12.6. The number of ketones is 1. The number of hydrogen-bond acceptors (Lipinski definition) is 5. The van der Waals surface area contributed by atoms with Crippen LogP contribution < -0.4 is 0 Å². The van der Waals surface area contributed by atoms with E-state index in [-0.39, 0.29) is 16.2 Å². The van der Waals surface area contributed by atoms with E-state index in [0.717, 1.165) is 12.8 Å². The SMILES string of the molecule is O=C(COC(=O)c1cccc(S(=O)(=O)N2CCCC2)c1)c1ccccc1. The summed E-state index contributed by atoms with van der Waals surface area (Å²) in [5, 5.41) is 0. The van der Waals surface area contributed by atoms with E-state index in [1.807, 2.05) is 0 Å². The molecule has 1 saturated heterocycles. The van der Waals surface area contributed by atoms with Crippen LogP contribution in [0, 0.1) is 0 Å². The Kier molecular flexibility index (Phi) is 5.49. The summed E-state index contributed by atoms with van der Waals surface area (Å²) in [7, 11) is -3.61. The molecule has 136 valence electrons. The Morgan fingerprint density at radius 1 is 0.923 bits per heavy atom. The lowest BCUT2D eigenvalue weighted by atomic mass is 10.1. The Hall–Kier alpha value is -2.51. The quantitative estimate of drug-likeness (QED) is 0.574. The van der Waals surface area contributed by atoms with Crippen LogP contribution in [0.4, 0.5) is 0 Å². The molecule has 6 nitrogen and oxygen atoms in total. The van der Waals surface area contributed by atoms with Crippen molar-refractivity contribution in [3.8, 4) is 0 Å². The van der Waals surface area contributed by atoms with Crippen LogP contribution in [0.15, 0.2) is 59.5 Å². The Morgan fingerprint density at radius 2 is 1.58 bits per heavy atom. The van der Waals surface area contributed by atoms with E-state index >= 15 is 0 Å². The molecule has 2 aromatic rings. The van der Waals surface area contributed by atoms with E-state index in [1.165, 1.54) is 28.6 Å². The van der Waals surface area contributed by atoms with Crippen molar-refractivity contribution in [1.29, 1.82) is 0 Å². The molecule has 0 bridgehead atoms. The Morgan fingerprint density at radius 3 is 2.27 bits per heavy atom. The molecule has 1 aliphatic rings. The molecule has 0 unspecified atom stereocenters. The highest BCUT2D eigenvalue weighted by Crippen LogP contribution is 2.21. The van der Waals surface area contributed by atoms with Gasteiger partial charge in [-0.1, -0.05) is 36.4 Å². The van der Waals surface area contributed by atoms with Crippen LogP contribution >= 0.6 is 0 Å². The van der Waals surface area contributed by atoms with E-state index in [0.29, 0.717) is 18.7 Å². The molecule has 0 aliphatic carbocycles. The maximum atomic E-state index is 12.6. The van der Waals surface area contributed by atoms with E-state index < -0.39 is 22.6 Å². The van der Waals surface area contributed by atoms with Gasteiger partial charge in [-0.25, -0.2) is 13.2 Å². The van der Waals surface area contributed by atoms with Crippen LogP contribution in [0.3, 0.4) is 0 Å². The van der Waals surface area contributed by atoms with Crippen LogP contribution in [0.1, 0.15) is 33.6 Å². The van der Waals surface area contributed by atoms with Crippen LogP contribution in [-0.2, 0) is 14.8 Å². The van der Waals surface area contributed by atoms with Gasteiger partial charge in [0.05, 0.1) is 10.5 Å². The zero-order valence-electron chi connectivity index (χ0n) is 14.1. The molecule has 0 N–H and O–H groups in total. The van der Waals surface area contributed by atoms with Crippen molar-refractivity contribution in [2.45, 2.75) is 17.7 Å². The maximum Gasteiger partial charge on any atom is 0.338 e. The number of carbonyl (C=O) groups excluding carboxylic acids is 2. The molecule has 0 saturated carbocycles. The van der Waals surface area contributed by atoms with Gasteiger partial charge in [-0.2, -0.15) is 4.31 Å². The minimum atomic E-state index is -3.61. The second-order valence-electron chi connectivity index (χ2n) is 6.00. The third-order valence-corrected chi connectivity index (χ3v) is 6.10. The number of carbonyl (C=O) groups is 2. The largest absolute Gasteiger partial charge is 0.454 e. The van der Waals surface area contributed by atoms with Gasteiger partial charge in [-0.05, 0) is 31.0 Å².